The Morgan fingerprint density at radius 3 is 2.73 bits per heavy atom. The lowest BCUT2D eigenvalue weighted by Gasteiger charge is -2.44. The number of hydrogen-bond acceptors (Lipinski definition) is 5. The van der Waals surface area contributed by atoms with Gasteiger partial charge in [0.25, 0.3) is 0 Å². The molecule has 0 radical (unpaired) electrons. The van der Waals surface area contributed by atoms with Gasteiger partial charge >= 0.3 is 0 Å². The average Bonchev–Trinajstić information content (AvgIpc) is 3.18. The van der Waals surface area contributed by atoms with E-state index in [1.807, 2.05) is 61.2 Å². The third kappa shape index (κ3) is 3.05. The van der Waals surface area contributed by atoms with E-state index < -0.39 is 11.6 Å². The number of aryl methyl sites for hydroxylation is 1. The Morgan fingerprint density at radius 1 is 1.17 bits per heavy atom. The zero-order valence-electron chi connectivity index (χ0n) is 17.2. The summed E-state index contributed by atoms with van der Waals surface area (Å²) >= 11 is 0. The molecule has 1 unspecified atom stereocenters. The minimum atomic E-state index is -0.515. The number of hydrogen-bond donors (Lipinski definition) is 0. The SMILES string of the molecule is Cc1ccc2c(c1)C(=O)CC1(CCN(C(=O)C(C)n3nnc4ccccc43)CC1)O2. The summed E-state index contributed by atoms with van der Waals surface area (Å²) in [5.74, 6) is 0.805. The van der Waals surface area contributed by atoms with Gasteiger partial charge in [0.2, 0.25) is 5.91 Å². The molecule has 1 saturated heterocycles. The highest BCUT2D eigenvalue weighted by Crippen LogP contribution is 2.40. The van der Waals surface area contributed by atoms with Crippen molar-refractivity contribution < 1.29 is 14.3 Å². The van der Waals surface area contributed by atoms with Gasteiger partial charge in [-0.05, 0) is 38.1 Å². The fourth-order valence-electron chi connectivity index (χ4n) is 4.56. The summed E-state index contributed by atoms with van der Waals surface area (Å²) in [4.78, 5) is 27.7. The first kappa shape index (κ1) is 18.8. The number of benzene rings is 2. The van der Waals surface area contributed by atoms with Crippen molar-refractivity contribution >= 4 is 22.7 Å². The number of piperidine rings is 1. The second kappa shape index (κ2) is 6.93. The maximum absolute atomic E-state index is 13.1. The molecule has 2 aliphatic heterocycles. The molecule has 5 rings (SSSR count). The third-order valence-corrected chi connectivity index (χ3v) is 6.33. The van der Waals surface area contributed by atoms with Gasteiger partial charge < -0.3 is 9.64 Å². The van der Waals surface area contributed by atoms with Crippen molar-refractivity contribution in [1.82, 2.24) is 19.9 Å². The number of carbonyl (C=O) groups is 2. The van der Waals surface area contributed by atoms with Crippen LogP contribution in [0.2, 0.25) is 0 Å². The smallest absolute Gasteiger partial charge is 0.247 e. The van der Waals surface area contributed by atoms with Crippen molar-refractivity contribution in [2.45, 2.75) is 44.8 Å². The van der Waals surface area contributed by atoms with E-state index >= 15 is 0 Å². The van der Waals surface area contributed by atoms with E-state index in [-0.39, 0.29) is 11.7 Å². The molecule has 0 N–H and O–H groups in total. The fraction of sp³-hybridized carbons (Fsp3) is 0.391. The summed E-state index contributed by atoms with van der Waals surface area (Å²) in [5, 5.41) is 8.34. The van der Waals surface area contributed by atoms with Gasteiger partial charge in [-0.15, -0.1) is 5.10 Å². The number of amides is 1. The molecule has 1 aromatic heterocycles. The monoisotopic (exact) mass is 404 g/mol. The Kier molecular flexibility index (Phi) is 4.34. The quantitative estimate of drug-likeness (QED) is 0.655. The van der Waals surface area contributed by atoms with Gasteiger partial charge in [0, 0.05) is 25.9 Å². The molecular weight excluding hydrogens is 380 g/mol. The van der Waals surface area contributed by atoms with E-state index in [4.69, 9.17) is 4.74 Å². The summed E-state index contributed by atoms with van der Waals surface area (Å²) in [6.07, 6.45) is 1.65. The number of fused-ring (bicyclic) bond motifs is 2. The summed E-state index contributed by atoms with van der Waals surface area (Å²) in [6, 6.07) is 12.9. The number of likely N-dealkylation sites (tertiary alicyclic amines) is 1. The van der Waals surface area contributed by atoms with Gasteiger partial charge in [0.1, 0.15) is 22.9 Å². The van der Waals surface area contributed by atoms with Crippen LogP contribution in [-0.4, -0.2) is 50.3 Å². The minimum Gasteiger partial charge on any atom is -0.486 e. The number of ether oxygens (including phenoxy) is 1. The van der Waals surface area contributed by atoms with Crippen molar-refractivity contribution in [3.05, 3.63) is 53.6 Å². The van der Waals surface area contributed by atoms with Crippen LogP contribution in [0.4, 0.5) is 0 Å². The molecule has 1 atom stereocenters. The van der Waals surface area contributed by atoms with Crippen LogP contribution in [0.1, 0.15) is 48.1 Å². The molecular formula is C23H24N4O3. The topological polar surface area (TPSA) is 77.3 Å². The molecule has 7 nitrogen and oxygen atoms in total. The van der Waals surface area contributed by atoms with Crippen molar-refractivity contribution in [2.75, 3.05) is 13.1 Å². The molecule has 1 fully saturated rings. The van der Waals surface area contributed by atoms with Crippen LogP contribution in [0, 0.1) is 6.92 Å². The van der Waals surface area contributed by atoms with E-state index in [1.165, 1.54) is 0 Å². The number of rotatable bonds is 2. The Morgan fingerprint density at radius 2 is 1.93 bits per heavy atom. The maximum Gasteiger partial charge on any atom is 0.247 e. The van der Waals surface area contributed by atoms with Gasteiger partial charge in [0.15, 0.2) is 5.78 Å². The van der Waals surface area contributed by atoms with Crippen LogP contribution >= 0.6 is 0 Å². The Hall–Kier alpha value is -3.22. The number of para-hydroxylation sites is 1. The minimum absolute atomic E-state index is 0.0127. The van der Waals surface area contributed by atoms with E-state index in [0.29, 0.717) is 43.7 Å². The number of nitrogens with zero attached hydrogens (tertiary/aromatic N) is 4. The van der Waals surface area contributed by atoms with Crippen molar-refractivity contribution in [2.24, 2.45) is 0 Å². The number of Topliss-reactive ketones (excluding diaryl/α,β-unsaturated/α-hetero) is 1. The van der Waals surface area contributed by atoms with Gasteiger partial charge in [-0.1, -0.05) is 29.0 Å². The highest BCUT2D eigenvalue weighted by Gasteiger charge is 2.44. The van der Waals surface area contributed by atoms with E-state index in [0.717, 1.165) is 16.6 Å². The van der Waals surface area contributed by atoms with Crippen LogP contribution in [-0.2, 0) is 4.79 Å². The van der Waals surface area contributed by atoms with Gasteiger partial charge in [-0.2, -0.15) is 0 Å². The second-order valence-electron chi connectivity index (χ2n) is 8.41. The molecule has 0 saturated carbocycles. The molecule has 2 aliphatic rings. The molecule has 1 spiro atoms. The van der Waals surface area contributed by atoms with E-state index in [1.54, 1.807) is 4.68 Å². The zero-order valence-corrected chi connectivity index (χ0v) is 17.2. The second-order valence-corrected chi connectivity index (χ2v) is 8.41. The van der Waals surface area contributed by atoms with Crippen LogP contribution in [0.15, 0.2) is 42.5 Å². The maximum atomic E-state index is 13.1. The fourth-order valence-corrected chi connectivity index (χ4v) is 4.56. The van der Waals surface area contributed by atoms with E-state index in [2.05, 4.69) is 10.3 Å². The lowest BCUT2D eigenvalue weighted by molar-refractivity contribution is -0.138. The Labute approximate surface area is 174 Å². The van der Waals surface area contributed by atoms with Crippen molar-refractivity contribution in [3.8, 4) is 5.75 Å². The van der Waals surface area contributed by atoms with Crippen LogP contribution < -0.4 is 4.74 Å². The number of carbonyl (C=O) groups excluding carboxylic acids is 2. The van der Waals surface area contributed by atoms with Crippen LogP contribution in [0.5, 0.6) is 5.75 Å². The first-order chi connectivity index (χ1) is 14.5. The first-order valence-corrected chi connectivity index (χ1v) is 10.4. The molecule has 0 aliphatic carbocycles. The van der Waals surface area contributed by atoms with Crippen LogP contribution in [0.3, 0.4) is 0 Å². The summed E-state index contributed by atoms with van der Waals surface area (Å²) in [6.45, 7) is 4.95. The van der Waals surface area contributed by atoms with Crippen LogP contribution in [0.25, 0.3) is 11.0 Å². The first-order valence-electron chi connectivity index (χ1n) is 10.4. The van der Waals surface area contributed by atoms with E-state index in [9.17, 15) is 9.59 Å². The zero-order chi connectivity index (χ0) is 20.9. The molecule has 30 heavy (non-hydrogen) atoms. The number of ketones is 1. The largest absolute Gasteiger partial charge is 0.486 e. The van der Waals surface area contributed by atoms with Gasteiger partial charge in [0.05, 0.1) is 17.5 Å². The summed E-state index contributed by atoms with van der Waals surface area (Å²) < 4.78 is 8.00. The number of aromatic nitrogens is 3. The third-order valence-electron chi connectivity index (χ3n) is 6.33. The summed E-state index contributed by atoms with van der Waals surface area (Å²) in [5.41, 5.74) is 2.83. The average molecular weight is 404 g/mol. The molecule has 3 heterocycles. The molecule has 3 aromatic rings. The predicted molar refractivity (Wildman–Crippen MR) is 112 cm³/mol. The lowest BCUT2D eigenvalue weighted by Crippen LogP contribution is -2.53. The highest BCUT2D eigenvalue weighted by atomic mass is 16.5. The van der Waals surface area contributed by atoms with Crippen molar-refractivity contribution in [3.63, 3.8) is 0 Å². The molecule has 154 valence electrons. The predicted octanol–water partition coefficient (Wildman–Crippen LogP) is 3.33. The van der Waals surface area contributed by atoms with Gasteiger partial charge in [-0.25, -0.2) is 4.68 Å². The van der Waals surface area contributed by atoms with Gasteiger partial charge in [-0.3, -0.25) is 9.59 Å². The molecule has 2 aromatic carbocycles. The molecule has 7 heteroatoms. The standard InChI is InChI=1S/C23H24N4O3/c1-15-7-8-21-17(13-15)20(28)14-23(30-21)9-11-26(12-10-23)22(29)16(2)27-19-6-4-3-5-18(19)24-25-27/h3-8,13,16H,9-12,14H2,1-2H3. The Bertz CT molecular complexity index is 1140. The normalized spacial score (nSPS) is 18.9. The van der Waals surface area contributed by atoms with Crippen molar-refractivity contribution in [1.29, 1.82) is 0 Å². The highest BCUT2D eigenvalue weighted by molar-refractivity contribution is 6.00. The lowest BCUT2D eigenvalue weighted by atomic mass is 9.82. The molecule has 1 amide bonds. The Balaban J connectivity index is 1.30. The summed E-state index contributed by atoms with van der Waals surface area (Å²) in [7, 11) is 0. The molecule has 0 bridgehead atoms.